The maximum absolute atomic E-state index is 5.72. The van der Waals surface area contributed by atoms with Crippen LogP contribution in [-0.4, -0.2) is 21.5 Å². The largest absolute Gasteiger partial charge is 0.309 e. The van der Waals surface area contributed by atoms with Crippen molar-refractivity contribution in [3.63, 3.8) is 0 Å². The van der Waals surface area contributed by atoms with Gasteiger partial charge in [0.2, 0.25) is 0 Å². The first-order valence-corrected chi connectivity index (χ1v) is 3.54. The molecule has 1 N–H and O–H groups in total. The standard InChI is InChI=1S/C5H7ClN4.ClH/c6-5-4-3-7-1-2-10(4)9-8-5;/h7H,1-3H2;1H. The fourth-order valence-corrected chi connectivity index (χ4v) is 1.25. The lowest BCUT2D eigenvalue weighted by atomic mass is 10.4. The Morgan fingerprint density at radius 2 is 2.36 bits per heavy atom. The van der Waals surface area contributed by atoms with Crippen LogP contribution in [0.5, 0.6) is 0 Å². The molecule has 0 radical (unpaired) electrons. The zero-order valence-corrected chi connectivity index (χ0v) is 7.32. The van der Waals surface area contributed by atoms with E-state index in [1.807, 2.05) is 4.68 Å². The van der Waals surface area contributed by atoms with Crippen molar-refractivity contribution in [2.45, 2.75) is 13.1 Å². The second kappa shape index (κ2) is 3.38. The molecule has 0 saturated heterocycles. The van der Waals surface area contributed by atoms with Crippen LogP contribution in [0, 0.1) is 0 Å². The van der Waals surface area contributed by atoms with Gasteiger partial charge in [-0.05, 0) is 0 Å². The molecule has 0 amide bonds. The van der Waals surface area contributed by atoms with Crippen LogP contribution in [0.1, 0.15) is 5.69 Å². The molecule has 4 nitrogen and oxygen atoms in total. The molecule has 0 unspecified atom stereocenters. The normalized spacial score (nSPS) is 15.4. The SMILES string of the molecule is Cl.Clc1nnn2c1CNCC2. The molecule has 6 heteroatoms. The van der Waals surface area contributed by atoms with Gasteiger partial charge in [-0.3, -0.25) is 0 Å². The summed E-state index contributed by atoms with van der Waals surface area (Å²) in [6, 6.07) is 0. The van der Waals surface area contributed by atoms with E-state index in [0.717, 1.165) is 25.3 Å². The van der Waals surface area contributed by atoms with Gasteiger partial charge in [0.25, 0.3) is 0 Å². The molecule has 0 fully saturated rings. The Morgan fingerprint density at radius 1 is 1.55 bits per heavy atom. The highest BCUT2D eigenvalue weighted by Crippen LogP contribution is 2.12. The van der Waals surface area contributed by atoms with E-state index >= 15 is 0 Å². The Balaban J connectivity index is 0.000000605. The minimum absolute atomic E-state index is 0. The lowest BCUT2D eigenvalue weighted by Gasteiger charge is -2.12. The highest BCUT2D eigenvalue weighted by Gasteiger charge is 2.13. The Morgan fingerprint density at radius 3 is 3.09 bits per heavy atom. The van der Waals surface area contributed by atoms with E-state index in [1.165, 1.54) is 0 Å². The summed E-state index contributed by atoms with van der Waals surface area (Å²) in [5.41, 5.74) is 0.993. The Hall–Kier alpha value is -0.320. The first kappa shape index (κ1) is 8.77. The van der Waals surface area contributed by atoms with Crippen LogP contribution < -0.4 is 5.32 Å². The zero-order valence-electron chi connectivity index (χ0n) is 5.75. The van der Waals surface area contributed by atoms with Crippen LogP contribution in [0.15, 0.2) is 0 Å². The third kappa shape index (κ3) is 1.47. The molecular weight excluding hydrogens is 187 g/mol. The Kier molecular flexibility index (Phi) is 2.70. The topological polar surface area (TPSA) is 42.7 Å². The van der Waals surface area contributed by atoms with Crippen molar-refractivity contribution in [2.24, 2.45) is 0 Å². The summed E-state index contributed by atoms with van der Waals surface area (Å²) in [6.07, 6.45) is 0. The highest BCUT2D eigenvalue weighted by atomic mass is 35.5. The first-order chi connectivity index (χ1) is 4.88. The van der Waals surface area contributed by atoms with E-state index in [-0.39, 0.29) is 12.4 Å². The number of halogens is 2. The summed E-state index contributed by atoms with van der Waals surface area (Å²) in [5, 5.41) is 11.3. The molecule has 0 aliphatic carbocycles. The average molecular weight is 195 g/mol. The molecule has 2 rings (SSSR count). The third-order valence-electron chi connectivity index (χ3n) is 1.58. The van der Waals surface area contributed by atoms with Crippen molar-refractivity contribution in [1.82, 2.24) is 20.3 Å². The van der Waals surface area contributed by atoms with E-state index in [9.17, 15) is 0 Å². The summed E-state index contributed by atoms with van der Waals surface area (Å²) in [7, 11) is 0. The molecule has 1 aromatic heterocycles. The highest BCUT2D eigenvalue weighted by molar-refractivity contribution is 6.29. The molecule has 0 aromatic carbocycles. The lowest BCUT2D eigenvalue weighted by Crippen LogP contribution is -2.28. The van der Waals surface area contributed by atoms with E-state index in [0.29, 0.717) is 5.15 Å². The number of rotatable bonds is 0. The van der Waals surface area contributed by atoms with Crippen molar-refractivity contribution >= 4 is 24.0 Å². The van der Waals surface area contributed by atoms with Crippen LogP contribution in [0.3, 0.4) is 0 Å². The van der Waals surface area contributed by atoms with Gasteiger partial charge in [0, 0.05) is 13.1 Å². The second-order valence-corrected chi connectivity index (χ2v) is 2.58. The van der Waals surface area contributed by atoms with Crippen molar-refractivity contribution in [2.75, 3.05) is 6.54 Å². The quantitative estimate of drug-likeness (QED) is 0.653. The maximum atomic E-state index is 5.72. The minimum atomic E-state index is 0. The van der Waals surface area contributed by atoms with Crippen molar-refractivity contribution < 1.29 is 0 Å². The smallest absolute Gasteiger partial charge is 0.175 e. The van der Waals surface area contributed by atoms with Gasteiger partial charge in [0.15, 0.2) is 5.15 Å². The maximum Gasteiger partial charge on any atom is 0.175 e. The second-order valence-electron chi connectivity index (χ2n) is 2.23. The van der Waals surface area contributed by atoms with Crippen molar-refractivity contribution in [3.05, 3.63) is 10.8 Å². The van der Waals surface area contributed by atoms with Crippen molar-refractivity contribution in [3.8, 4) is 0 Å². The van der Waals surface area contributed by atoms with Crippen LogP contribution in [-0.2, 0) is 13.1 Å². The van der Waals surface area contributed by atoms with Gasteiger partial charge in [0.1, 0.15) is 0 Å². The predicted molar refractivity (Wildman–Crippen MR) is 44.0 cm³/mol. The molecule has 62 valence electrons. The van der Waals surface area contributed by atoms with Gasteiger partial charge in [-0.15, -0.1) is 17.5 Å². The van der Waals surface area contributed by atoms with Gasteiger partial charge in [-0.1, -0.05) is 16.8 Å². The lowest BCUT2D eigenvalue weighted by molar-refractivity contribution is 0.467. The Labute approximate surface area is 75.3 Å². The third-order valence-corrected chi connectivity index (χ3v) is 1.88. The fourth-order valence-electron chi connectivity index (χ4n) is 1.05. The Bertz CT molecular complexity index is 247. The first-order valence-electron chi connectivity index (χ1n) is 3.16. The summed E-state index contributed by atoms with van der Waals surface area (Å²) in [4.78, 5) is 0. The molecule has 11 heavy (non-hydrogen) atoms. The van der Waals surface area contributed by atoms with E-state index < -0.39 is 0 Å². The van der Waals surface area contributed by atoms with Gasteiger partial charge in [0.05, 0.1) is 12.2 Å². The number of fused-ring (bicyclic) bond motifs is 1. The van der Waals surface area contributed by atoms with Gasteiger partial charge >= 0.3 is 0 Å². The van der Waals surface area contributed by atoms with Crippen LogP contribution in [0.2, 0.25) is 5.15 Å². The van der Waals surface area contributed by atoms with Gasteiger partial charge in [-0.25, -0.2) is 4.68 Å². The predicted octanol–water partition coefficient (Wildman–Crippen LogP) is 0.456. The van der Waals surface area contributed by atoms with Crippen LogP contribution in [0.4, 0.5) is 0 Å². The summed E-state index contributed by atoms with van der Waals surface area (Å²) in [6.45, 7) is 2.60. The number of hydrogen-bond acceptors (Lipinski definition) is 3. The van der Waals surface area contributed by atoms with Gasteiger partial charge in [-0.2, -0.15) is 0 Å². The van der Waals surface area contributed by atoms with E-state index in [4.69, 9.17) is 11.6 Å². The molecule has 0 saturated carbocycles. The molecular formula is C5H8Cl2N4. The number of nitrogens with one attached hydrogen (secondary N) is 1. The summed E-state index contributed by atoms with van der Waals surface area (Å²) >= 11 is 5.72. The number of aromatic nitrogens is 3. The van der Waals surface area contributed by atoms with Gasteiger partial charge < -0.3 is 5.32 Å². The summed E-state index contributed by atoms with van der Waals surface area (Å²) < 4.78 is 1.83. The molecule has 0 bridgehead atoms. The van der Waals surface area contributed by atoms with Crippen LogP contribution in [0.25, 0.3) is 0 Å². The minimum Gasteiger partial charge on any atom is -0.309 e. The number of hydrogen-bond donors (Lipinski definition) is 1. The van der Waals surface area contributed by atoms with E-state index in [2.05, 4.69) is 15.6 Å². The number of nitrogens with zero attached hydrogens (tertiary/aromatic N) is 3. The molecule has 2 heterocycles. The zero-order chi connectivity index (χ0) is 6.97. The summed E-state index contributed by atoms with van der Waals surface area (Å²) in [5.74, 6) is 0. The molecule has 0 spiro atoms. The van der Waals surface area contributed by atoms with Crippen molar-refractivity contribution in [1.29, 1.82) is 0 Å². The van der Waals surface area contributed by atoms with Crippen LogP contribution >= 0.6 is 24.0 Å². The molecule has 1 aliphatic heterocycles. The van der Waals surface area contributed by atoms with E-state index in [1.54, 1.807) is 0 Å². The molecule has 0 atom stereocenters. The average Bonchev–Trinajstić information content (AvgIpc) is 2.34. The fraction of sp³-hybridized carbons (Fsp3) is 0.600. The molecule has 1 aromatic rings. The monoisotopic (exact) mass is 194 g/mol. The molecule has 1 aliphatic rings.